The summed E-state index contributed by atoms with van der Waals surface area (Å²) < 4.78 is 2.35. The first-order chi connectivity index (χ1) is 5.38. The van der Waals surface area contributed by atoms with E-state index in [1.807, 2.05) is 6.07 Å². The highest BCUT2D eigenvalue weighted by atomic mass is 127. The second kappa shape index (κ2) is 4.50. The molecule has 0 spiro atoms. The molecular weight excluding hydrogens is 277 g/mol. The molecule has 1 aromatic rings. The predicted octanol–water partition coefficient (Wildman–Crippen LogP) is 0.681. The summed E-state index contributed by atoms with van der Waals surface area (Å²) in [4.78, 5) is 0. The van der Waals surface area contributed by atoms with Gasteiger partial charge in [0, 0.05) is 0 Å². The third kappa shape index (κ3) is 2.30. The van der Waals surface area contributed by atoms with Crippen molar-refractivity contribution in [2.45, 2.75) is 11.7 Å². The van der Waals surface area contributed by atoms with Crippen molar-refractivity contribution < 1.29 is 0 Å². The van der Waals surface area contributed by atoms with Crippen LogP contribution in [0.3, 0.4) is 0 Å². The van der Waals surface area contributed by atoms with Crippen molar-refractivity contribution in [2.24, 2.45) is 0 Å². The van der Waals surface area contributed by atoms with Gasteiger partial charge in [-0.15, -0.1) is 5.10 Å². The molecule has 0 saturated heterocycles. The van der Waals surface area contributed by atoms with E-state index in [4.69, 9.17) is 5.26 Å². The summed E-state index contributed by atoms with van der Waals surface area (Å²) in [6.45, 7) is 0.214. The van der Waals surface area contributed by atoms with E-state index in [9.17, 15) is 0 Å². The Hall–Kier alpha value is -0.360. The number of nitriles is 1. The Morgan fingerprint density at radius 3 is 3.18 bits per heavy atom. The zero-order valence-corrected chi connectivity index (χ0v) is 8.41. The van der Waals surface area contributed by atoms with Gasteiger partial charge in [-0.25, -0.2) is 4.68 Å². The summed E-state index contributed by atoms with van der Waals surface area (Å²) in [6, 6.07) is 1.97. The third-order valence-electron chi connectivity index (χ3n) is 0.903. The van der Waals surface area contributed by atoms with Crippen LogP contribution < -0.4 is 0 Å². The van der Waals surface area contributed by atoms with Crippen LogP contribution >= 0.6 is 34.4 Å². The van der Waals surface area contributed by atoms with Gasteiger partial charge in [0.1, 0.15) is 6.54 Å². The van der Waals surface area contributed by atoms with Crippen LogP contribution in [0.2, 0.25) is 0 Å². The number of nitrogens with zero attached hydrogens (tertiary/aromatic N) is 5. The van der Waals surface area contributed by atoms with E-state index < -0.39 is 0 Å². The summed E-state index contributed by atoms with van der Waals surface area (Å²) in [5.41, 5.74) is 0. The summed E-state index contributed by atoms with van der Waals surface area (Å²) in [5, 5.41) is 19.9. The fourth-order valence-corrected chi connectivity index (χ4v) is 1.79. The molecule has 0 aliphatic carbocycles. The SMILES string of the molecule is N#CCn1nnnc1SCI. The molecule has 5 nitrogen and oxygen atoms in total. The van der Waals surface area contributed by atoms with Crippen molar-refractivity contribution in [3.8, 4) is 6.07 Å². The zero-order chi connectivity index (χ0) is 8.10. The van der Waals surface area contributed by atoms with Gasteiger partial charge in [0.05, 0.1) is 9.83 Å². The Morgan fingerprint density at radius 2 is 2.55 bits per heavy atom. The topological polar surface area (TPSA) is 67.4 Å². The van der Waals surface area contributed by atoms with Gasteiger partial charge in [0.25, 0.3) is 0 Å². The maximum atomic E-state index is 8.35. The lowest BCUT2D eigenvalue weighted by Gasteiger charge is -1.93. The van der Waals surface area contributed by atoms with Crippen molar-refractivity contribution in [1.29, 1.82) is 5.26 Å². The third-order valence-corrected chi connectivity index (χ3v) is 2.50. The Labute approximate surface area is 81.3 Å². The molecule has 0 aliphatic rings. The van der Waals surface area contributed by atoms with Crippen molar-refractivity contribution >= 4 is 34.4 Å². The monoisotopic (exact) mass is 281 g/mol. The Bertz CT molecular complexity index is 266. The van der Waals surface area contributed by atoms with E-state index in [1.165, 1.54) is 16.4 Å². The molecule has 0 fully saturated rings. The van der Waals surface area contributed by atoms with Crippen LogP contribution in [0, 0.1) is 11.3 Å². The number of halogens is 1. The Morgan fingerprint density at radius 1 is 1.73 bits per heavy atom. The quantitative estimate of drug-likeness (QED) is 0.463. The minimum Gasteiger partial charge on any atom is -0.206 e. The van der Waals surface area contributed by atoms with Crippen LogP contribution in [-0.2, 0) is 6.54 Å². The van der Waals surface area contributed by atoms with Crippen molar-refractivity contribution in [3.05, 3.63) is 0 Å². The molecule has 1 aromatic heterocycles. The maximum absolute atomic E-state index is 8.35. The molecule has 1 rings (SSSR count). The number of thioether (sulfide) groups is 1. The average Bonchev–Trinajstić information content (AvgIpc) is 2.39. The van der Waals surface area contributed by atoms with Gasteiger partial charge in [-0.2, -0.15) is 5.26 Å². The molecular formula is C4H4IN5S. The summed E-state index contributed by atoms with van der Waals surface area (Å²) in [7, 11) is 0. The number of aromatic nitrogens is 4. The molecule has 11 heavy (non-hydrogen) atoms. The Kier molecular flexibility index (Phi) is 3.58. The van der Waals surface area contributed by atoms with Crippen LogP contribution in [0.4, 0.5) is 0 Å². The van der Waals surface area contributed by atoms with Gasteiger partial charge in [0.15, 0.2) is 0 Å². The number of tetrazole rings is 1. The second-order valence-corrected chi connectivity index (χ2v) is 4.27. The summed E-state index contributed by atoms with van der Waals surface area (Å²) in [6.07, 6.45) is 0. The molecule has 58 valence electrons. The van der Waals surface area contributed by atoms with Crippen molar-refractivity contribution in [2.75, 3.05) is 3.76 Å². The first-order valence-corrected chi connectivity index (χ1v) is 5.21. The lowest BCUT2D eigenvalue weighted by molar-refractivity contribution is 0.620. The molecule has 0 bridgehead atoms. The van der Waals surface area contributed by atoms with Crippen LogP contribution in [0.15, 0.2) is 5.16 Å². The highest BCUT2D eigenvalue weighted by Crippen LogP contribution is 2.15. The standard InChI is InChI=1S/C4H4IN5S/c5-3-11-4-7-8-9-10(4)2-1-6/h2-3H2. The predicted molar refractivity (Wildman–Crippen MR) is 48.2 cm³/mol. The van der Waals surface area contributed by atoms with Gasteiger partial charge in [-0.1, -0.05) is 34.4 Å². The Balaban J connectivity index is 2.71. The molecule has 0 saturated carbocycles. The van der Waals surface area contributed by atoms with Gasteiger partial charge < -0.3 is 0 Å². The van der Waals surface area contributed by atoms with Crippen LogP contribution in [0.5, 0.6) is 0 Å². The fraction of sp³-hybridized carbons (Fsp3) is 0.500. The minimum absolute atomic E-state index is 0.214. The van der Waals surface area contributed by atoms with E-state index in [0.29, 0.717) is 5.16 Å². The number of hydrogen-bond donors (Lipinski definition) is 0. The first kappa shape index (κ1) is 8.73. The van der Waals surface area contributed by atoms with Crippen molar-refractivity contribution in [3.63, 3.8) is 0 Å². The largest absolute Gasteiger partial charge is 0.211 e. The van der Waals surface area contributed by atoms with Crippen LogP contribution in [0.1, 0.15) is 0 Å². The van der Waals surface area contributed by atoms with E-state index >= 15 is 0 Å². The summed E-state index contributed by atoms with van der Waals surface area (Å²) >= 11 is 3.72. The van der Waals surface area contributed by atoms with E-state index in [0.717, 1.165) is 3.76 Å². The van der Waals surface area contributed by atoms with Gasteiger partial charge in [0.2, 0.25) is 5.16 Å². The molecule has 0 atom stereocenters. The maximum Gasteiger partial charge on any atom is 0.211 e. The van der Waals surface area contributed by atoms with Gasteiger partial charge in [-0.05, 0) is 10.4 Å². The average molecular weight is 281 g/mol. The molecule has 0 N–H and O–H groups in total. The molecule has 0 amide bonds. The fourth-order valence-electron chi connectivity index (χ4n) is 0.515. The molecule has 0 aliphatic heterocycles. The normalized spacial score (nSPS) is 9.45. The zero-order valence-electron chi connectivity index (χ0n) is 5.44. The van der Waals surface area contributed by atoms with Crippen molar-refractivity contribution in [1.82, 2.24) is 20.2 Å². The summed E-state index contributed by atoms with van der Waals surface area (Å²) in [5.74, 6) is 0. The van der Waals surface area contributed by atoms with Gasteiger partial charge in [-0.3, -0.25) is 0 Å². The minimum atomic E-state index is 0.214. The molecule has 1 heterocycles. The molecule has 0 aromatic carbocycles. The van der Waals surface area contributed by atoms with E-state index in [2.05, 4.69) is 38.1 Å². The number of rotatable bonds is 3. The van der Waals surface area contributed by atoms with E-state index in [1.54, 1.807) is 0 Å². The second-order valence-electron chi connectivity index (χ2n) is 1.53. The molecule has 7 heteroatoms. The van der Waals surface area contributed by atoms with Crippen LogP contribution in [0.25, 0.3) is 0 Å². The van der Waals surface area contributed by atoms with E-state index in [-0.39, 0.29) is 6.54 Å². The molecule has 0 radical (unpaired) electrons. The first-order valence-electron chi connectivity index (χ1n) is 2.70. The highest BCUT2D eigenvalue weighted by molar-refractivity contribution is 14.1. The van der Waals surface area contributed by atoms with Crippen LogP contribution in [-0.4, -0.2) is 24.0 Å². The lowest BCUT2D eigenvalue weighted by atomic mass is 10.7. The number of hydrogen-bond acceptors (Lipinski definition) is 5. The molecule has 0 unspecified atom stereocenters. The highest BCUT2D eigenvalue weighted by Gasteiger charge is 2.03. The van der Waals surface area contributed by atoms with Gasteiger partial charge >= 0.3 is 0 Å². The smallest absolute Gasteiger partial charge is 0.206 e. The number of alkyl halides is 1. The lowest BCUT2D eigenvalue weighted by Crippen LogP contribution is -1.99.